The number of aromatic amines is 2. The van der Waals surface area contributed by atoms with Crippen LogP contribution in [0.3, 0.4) is 0 Å². The van der Waals surface area contributed by atoms with Gasteiger partial charge in [0.1, 0.15) is 18.1 Å². The molecule has 4 unspecified atom stereocenters. The Bertz CT molecular complexity index is 1280. The number of hydrogen-bond acceptors (Lipinski definition) is 8. The Morgan fingerprint density at radius 1 is 0.775 bits per heavy atom. The number of aromatic nitrogens is 4. The molecule has 40 heavy (non-hydrogen) atoms. The molecule has 3 rings (SSSR count). The van der Waals surface area contributed by atoms with E-state index in [9.17, 15) is 29.1 Å². The molecule has 15 heteroatoms. The van der Waals surface area contributed by atoms with E-state index in [1.165, 1.54) is 25.0 Å². The summed E-state index contributed by atoms with van der Waals surface area (Å²) in [5, 5.41) is 17.0. The lowest BCUT2D eigenvalue weighted by Gasteiger charge is -2.24. The van der Waals surface area contributed by atoms with E-state index in [1.54, 1.807) is 30.3 Å². The van der Waals surface area contributed by atoms with E-state index in [-0.39, 0.29) is 19.3 Å². The van der Waals surface area contributed by atoms with Crippen molar-refractivity contribution in [2.75, 3.05) is 0 Å². The fourth-order valence-electron chi connectivity index (χ4n) is 3.84. The molecule has 10 N–H and O–H groups in total. The van der Waals surface area contributed by atoms with Crippen LogP contribution < -0.4 is 27.4 Å². The minimum Gasteiger partial charge on any atom is -0.480 e. The average Bonchev–Trinajstić information content (AvgIpc) is 3.62. The lowest BCUT2D eigenvalue weighted by molar-refractivity contribution is -0.142. The molecule has 0 saturated heterocycles. The van der Waals surface area contributed by atoms with Crippen LogP contribution in [0.5, 0.6) is 0 Å². The molecule has 4 amide bonds. The second kappa shape index (κ2) is 14.2. The molecular weight excluding hydrogens is 522 g/mol. The number of hydrogen-bond donors (Lipinski definition) is 8. The zero-order valence-corrected chi connectivity index (χ0v) is 21.4. The first kappa shape index (κ1) is 29.5. The molecule has 212 valence electrons. The number of benzene rings is 1. The lowest BCUT2D eigenvalue weighted by Crippen LogP contribution is -2.58. The number of carboxylic acid groups (broad SMARTS) is 1. The minimum absolute atomic E-state index is 0.00121. The summed E-state index contributed by atoms with van der Waals surface area (Å²) in [6.07, 6.45) is 5.14. The van der Waals surface area contributed by atoms with Crippen molar-refractivity contribution in [2.24, 2.45) is 11.5 Å². The second-order valence-electron chi connectivity index (χ2n) is 9.05. The smallest absolute Gasteiger partial charge is 0.326 e. The summed E-state index contributed by atoms with van der Waals surface area (Å²) in [6, 6.07) is 3.58. The van der Waals surface area contributed by atoms with Crippen LogP contribution in [0.4, 0.5) is 0 Å². The van der Waals surface area contributed by atoms with Gasteiger partial charge in [0.25, 0.3) is 0 Å². The van der Waals surface area contributed by atoms with Gasteiger partial charge in [0.05, 0.1) is 25.1 Å². The van der Waals surface area contributed by atoms with Crippen LogP contribution in [-0.4, -0.2) is 78.8 Å². The van der Waals surface area contributed by atoms with Crippen molar-refractivity contribution >= 4 is 29.6 Å². The fraction of sp³-hybridized carbons (Fsp3) is 0.320. The largest absolute Gasteiger partial charge is 0.480 e. The zero-order chi connectivity index (χ0) is 29.1. The van der Waals surface area contributed by atoms with Crippen molar-refractivity contribution in [3.63, 3.8) is 0 Å². The van der Waals surface area contributed by atoms with Gasteiger partial charge in [-0.25, -0.2) is 14.8 Å². The SMILES string of the molecule is NC(=O)CC(NC(=O)C(N)Cc1cnc[nH]1)C(=O)NC(Cc1cnc[nH]1)C(=O)NC(Cc1ccccc1)C(=O)O. The first-order valence-electron chi connectivity index (χ1n) is 12.3. The molecule has 4 atom stereocenters. The van der Waals surface area contributed by atoms with Gasteiger partial charge in [-0.05, 0) is 5.56 Å². The Hall–Kier alpha value is -5.05. The Labute approximate surface area is 228 Å². The molecule has 0 fully saturated rings. The first-order chi connectivity index (χ1) is 19.1. The van der Waals surface area contributed by atoms with E-state index in [4.69, 9.17) is 11.5 Å². The summed E-state index contributed by atoms with van der Waals surface area (Å²) in [4.78, 5) is 76.0. The number of aliphatic carboxylic acids is 1. The third-order valence-corrected chi connectivity index (χ3v) is 5.88. The zero-order valence-electron chi connectivity index (χ0n) is 21.4. The monoisotopic (exact) mass is 553 g/mol. The van der Waals surface area contributed by atoms with Gasteiger partial charge in [0, 0.05) is 43.0 Å². The number of imidazole rings is 2. The third-order valence-electron chi connectivity index (χ3n) is 5.88. The van der Waals surface area contributed by atoms with Crippen LogP contribution in [0, 0.1) is 0 Å². The van der Waals surface area contributed by atoms with E-state index >= 15 is 0 Å². The van der Waals surface area contributed by atoms with Gasteiger partial charge < -0.3 is 42.5 Å². The topological polar surface area (TPSA) is 251 Å². The number of carbonyl (C=O) groups excluding carboxylic acids is 4. The molecule has 3 aromatic rings. The number of primary amides is 1. The Balaban J connectivity index is 1.74. The molecule has 2 aromatic heterocycles. The summed E-state index contributed by atoms with van der Waals surface area (Å²) in [5.74, 6) is -4.58. The maximum atomic E-state index is 13.2. The number of nitrogens with zero attached hydrogens (tertiary/aromatic N) is 2. The van der Waals surface area contributed by atoms with Crippen molar-refractivity contribution in [1.82, 2.24) is 35.9 Å². The standard InChI is InChI=1S/C25H31N9O6/c26-17(7-15-10-28-12-30-15)22(36)32-19(9-21(27)35)24(38)33-18(8-16-11-29-13-31-16)23(37)34-20(25(39)40)6-14-4-2-1-3-5-14/h1-5,10-13,17-20H,6-9,26H2,(H2,27,35)(H,28,30)(H,29,31)(H,32,36)(H,33,38)(H,34,37)(H,39,40). The third kappa shape index (κ3) is 9.05. The molecule has 2 heterocycles. The lowest BCUT2D eigenvalue weighted by atomic mass is 10.0. The van der Waals surface area contributed by atoms with Crippen LogP contribution >= 0.6 is 0 Å². The summed E-state index contributed by atoms with van der Waals surface area (Å²) in [7, 11) is 0. The van der Waals surface area contributed by atoms with Gasteiger partial charge in [0.15, 0.2) is 0 Å². The highest BCUT2D eigenvalue weighted by Crippen LogP contribution is 2.07. The van der Waals surface area contributed by atoms with Crippen LogP contribution in [0.25, 0.3) is 0 Å². The van der Waals surface area contributed by atoms with E-state index in [1.807, 2.05) is 0 Å². The molecule has 15 nitrogen and oxygen atoms in total. The highest BCUT2D eigenvalue weighted by atomic mass is 16.4. The number of amides is 4. The highest BCUT2D eigenvalue weighted by Gasteiger charge is 2.31. The van der Waals surface area contributed by atoms with Crippen molar-refractivity contribution in [3.05, 3.63) is 72.3 Å². The molecule has 0 spiro atoms. The second-order valence-corrected chi connectivity index (χ2v) is 9.05. The molecule has 0 aliphatic carbocycles. The number of carbonyl (C=O) groups is 5. The first-order valence-corrected chi connectivity index (χ1v) is 12.3. The van der Waals surface area contributed by atoms with Crippen LogP contribution in [0.15, 0.2) is 55.4 Å². The summed E-state index contributed by atoms with van der Waals surface area (Å²) in [5.41, 5.74) is 13.0. The van der Waals surface area contributed by atoms with Gasteiger partial charge in [-0.2, -0.15) is 0 Å². The Morgan fingerprint density at radius 3 is 1.88 bits per heavy atom. The number of rotatable bonds is 15. The van der Waals surface area contributed by atoms with Crippen molar-refractivity contribution in [3.8, 4) is 0 Å². The maximum absolute atomic E-state index is 13.2. The fourth-order valence-corrected chi connectivity index (χ4v) is 3.84. The maximum Gasteiger partial charge on any atom is 0.326 e. The molecule has 0 aliphatic rings. The number of nitrogens with one attached hydrogen (secondary N) is 5. The number of nitrogens with two attached hydrogens (primary N) is 2. The van der Waals surface area contributed by atoms with Crippen molar-refractivity contribution < 1.29 is 29.1 Å². The summed E-state index contributed by atoms with van der Waals surface area (Å²) in [6.45, 7) is 0. The molecular formula is C25H31N9O6. The highest BCUT2D eigenvalue weighted by molar-refractivity contribution is 5.96. The van der Waals surface area contributed by atoms with E-state index < -0.39 is 60.2 Å². The molecule has 0 aliphatic heterocycles. The minimum atomic E-state index is -1.45. The summed E-state index contributed by atoms with van der Waals surface area (Å²) < 4.78 is 0. The Morgan fingerprint density at radius 2 is 1.32 bits per heavy atom. The van der Waals surface area contributed by atoms with Gasteiger partial charge in [-0.3, -0.25) is 19.2 Å². The molecule has 0 radical (unpaired) electrons. The van der Waals surface area contributed by atoms with Crippen LogP contribution in [0.1, 0.15) is 23.4 Å². The molecule has 1 aromatic carbocycles. The Kier molecular flexibility index (Phi) is 10.5. The number of H-pyrrole nitrogens is 2. The van der Waals surface area contributed by atoms with Crippen LogP contribution in [0.2, 0.25) is 0 Å². The van der Waals surface area contributed by atoms with E-state index in [0.717, 1.165) is 0 Å². The average molecular weight is 554 g/mol. The quantitative estimate of drug-likeness (QED) is 0.102. The number of carboxylic acids is 1. The van der Waals surface area contributed by atoms with Gasteiger partial charge in [-0.1, -0.05) is 30.3 Å². The van der Waals surface area contributed by atoms with Gasteiger partial charge in [-0.15, -0.1) is 0 Å². The van der Waals surface area contributed by atoms with Crippen molar-refractivity contribution in [1.29, 1.82) is 0 Å². The van der Waals surface area contributed by atoms with Gasteiger partial charge >= 0.3 is 5.97 Å². The molecule has 0 bridgehead atoms. The van der Waals surface area contributed by atoms with Gasteiger partial charge in [0.2, 0.25) is 23.6 Å². The van der Waals surface area contributed by atoms with Crippen molar-refractivity contribution in [2.45, 2.75) is 49.9 Å². The van der Waals surface area contributed by atoms with E-state index in [0.29, 0.717) is 17.0 Å². The van der Waals surface area contributed by atoms with Crippen LogP contribution in [-0.2, 0) is 43.2 Å². The predicted molar refractivity (Wildman–Crippen MR) is 140 cm³/mol. The summed E-state index contributed by atoms with van der Waals surface area (Å²) >= 11 is 0. The van der Waals surface area contributed by atoms with E-state index in [2.05, 4.69) is 35.9 Å². The normalized spacial score (nSPS) is 13.8. The predicted octanol–water partition coefficient (Wildman–Crippen LogP) is -2.10. The molecule has 0 saturated carbocycles.